The summed E-state index contributed by atoms with van der Waals surface area (Å²) in [4.78, 5) is 8.01. The van der Waals surface area contributed by atoms with E-state index in [0.717, 1.165) is 35.1 Å². The molecular weight excluding hydrogens is 365 g/mol. The van der Waals surface area contributed by atoms with E-state index in [1.807, 2.05) is 38.7 Å². The van der Waals surface area contributed by atoms with Gasteiger partial charge in [-0.1, -0.05) is 0 Å². The van der Waals surface area contributed by atoms with Crippen molar-refractivity contribution in [3.8, 4) is 0 Å². The van der Waals surface area contributed by atoms with Crippen LogP contribution in [0.3, 0.4) is 0 Å². The fourth-order valence-corrected chi connectivity index (χ4v) is 3.70. The summed E-state index contributed by atoms with van der Waals surface area (Å²) in [5.41, 5.74) is 1.96. The van der Waals surface area contributed by atoms with Gasteiger partial charge in [-0.15, -0.1) is 11.8 Å². The van der Waals surface area contributed by atoms with Gasteiger partial charge >= 0.3 is 0 Å². The number of aromatic nitrogens is 2. The zero-order valence-electron chi connectivity index (χ0n) is 16.0. The van der Waals surface area contributed by atoms with Crippen molar-refractivity contribution in [3.63, 3.8) is 0 Å². The lowest BCUT2D eigenvalue weighted by atomic mass is 10.1. The quantitative estimate of drug-likeness (QED) is 0.483. The Labute approximate surface area is 163 Å². The first-order valence-electron chi connectivity index (χ1n) is 9.06. The molecule has 1 unspecified atom stereocenters. The van der Waals surface area contributed by atoms with E-state index in [2.05, 4.69) is 15.3 Å². The van der Waals surface area contributed by atoms with Gasteiger partial charge in [0.2, 0.25) is 0 Å². The number of nitrogens with one attached hydrogen (secondary N) is 1. The van der Waals surface area contributed by atoms with Crippen LogP contribution in [0.4, 0.5) is 4.39 Å². The summed E-state index contributed by atoms with van der Waals surface area (Å²) in [6, 6.07) is 4.87. The van der Waals surface area contributed by atoms with Crippen LogP contribution in [0.25, 0.3) is 0 Å². The van der Waals surface area contributed by atoms with E-state index in [0.29, 0.717) is 19.7 Å². The maximum absolute atomic E-state index is 13.6. The van der Waals surface area contributed by atoms with Gasteiger partial charge in [0.1, 0.15) is 11.9 Å². The van der Waals surface area contributed by atoms with Gasteiger partial charge in [-0.25, -0.2) is 9.38 Å². The Morgan fingerprint density at radius 2 is 2.33 bits per heavy atom. The van der Waals surface area contributed by atoms with Crippen LogP contribution in [0, 0.1) is 5.82 Å². The van der Waals surface area contributed by atoms with Gasteiger partial charge in [-0.2, -0.15) is 5.10 Å². The molecule has 0 amide bonds. The molecule has 0 bridgehead atoms. The van der Waals surface area contributed by atoms with Gasteiger partial charge in [0.25, 0.3) is 0 Å². The van der Waals surface area contributed by atoms with E-state index in [4.69, 9.17) is 9.73 Å². The summed E-state index contributed by atoms with van der Waals surface area (Å²) < 4.78 is 21.3. The number of ether oxygens (including phenoxy) is 1. The number of guanidine groups is 1. The van der Waals surface area contributed by atoms with Crippen LogP contribution in [0.1, 0.15) is 24.2 Å². The Bertz CT molecular complexity index is 794. The molecule has 1 aliphatic heterocycles. The highest BCUT2D eigenvalue weighted by Crippen LogP contribution is 2.24. The molecule has 6 nitrogen and oxygen atoms in total. The second-order valence-corrected chi connectivity index (χ2v) is 7.23. The van der Waals surface area contributed by atoms with Gasteiger partial charge in [-0.3, -0.25) is 4.68 Å². The molecule has 1 fully saturated rings. The molecule has 0 aliphatic carbocycles. The molecule has 1 aromatic heterocycles. The number of halogens is 1. The molecule has 0 spiro atoms. The second-order valence-electron chi connectivity index (χ2n) is 6.38. The van der Waals surface area contributed by atoms with Crippen LogP contribution >= 0.6 is 11.8 Å². The summed E-state index contributed by atoms with van der Waals surface area (Å²) >= 11 is 1.61. The van der Waals surface area contributed by atoms with Crippen LogP contribution in [0.2, 0.25) is 0 Å². The Morgan fingerprint density at radius 3 is 3.04 bits per heavy atom. The van der Waals surface area contributed by atoms with Crippen molar-refractivity contribution in [1.29, 1.82) is 0 Å². The number of thioether (sulfide) groups is 1. The normalized spacial score (nSPS) is 18.0. The first kappa shape index (κ1) is 19.7. The third kappa shape index (κ3) is 5.01. The fourth-order valence-electron chi connectivity index (χ4n) is 3.11. The van der Waals surface area contributed by atoms with Crippen LogP contribution < -0.4 is 5.32 Å². The van der Waals surface area contributed by atoms with E-state index in [1.54, 1.807) is 22.5 Å². The number of nitrogens with zero attached hydrogens (tertiary/aromatic N) is 4. The van der Waals surface area contributed by atoms with Crippen molar-refractivity contribution in [2.45, 2.75) is 24.5 Å². The molecule has 1 atom stereocenters. The van der Waals surface area contributed by atoms with E-state index < -0.39 is 0 Å². The predicted molar refractivity (Wildman–Crippen MR) is 106 cm³/mol. The van der Waals surface area contributed by atoms with Crippen LogP contribution in [0.15, 0.2) is 40.5 Å². The van der Waals surface area contributed by atoms with Crippen LogP contribution in [-0.2, 0) is 18.3 Å². The summed E-state index contributed by atoms with van der Waals surface area (Å²) in [6.45, 7) is 5.35. The first-order valence-corrected chi connectivity index (χ1v) is 10.3. The van der Waals surface area contributed by atoms with E-state index >= 15 is 0 Å². The van der Waals surface area contributed by atoms with E-state index in [-0.39, 0.29) is 11.9 Å². The number of aryl methyl sites for hydroxylation is 1. The zero-order valence-corrected chi connectivity index (χ0v) is 16.8. The fraction of sp³-hybridized carbons (Fsp3) is 0.474. The van der Waals surface area contributed by atoms with Crippen LogP contribution in [0.5, 0.6) is 0 Å². The Kier molecular flexibility index (Phi) is 6.73. The van der Waals surface area contributed by atoms with Crippen molar-refractivity contribution in [2.75, 3.05) is 32.5 Å². The monoisotopic (exact) mass is 391 g/mol. The highest BCUT2D eigenvalue weighted by Gasteiger charge is 2.25. The van der Waals surface area contributed by atoms with Crippen molar-refractivity contribution < 1.29 is 9.13 Å². The summed E-state index contributed by atoms with van der Waals surface area (Å²) in [5.74, 6) is 0.594. The SMILES string of the molecule is CCNC(=NCc1cc(F)ccc1SC)N1CCOC(c2cnn(C)c2)C1. The summed E-state index contributed by atoms with van der Waals surface area (Å²) in [7, 11) is 1.90. The second kappa shape index (κ2) is 9.23. The van der Waals surface area contributed by atoms with Gasteiger partial charge in [0, 0.05) is 36.8 Å². The van der Waals surface area contributed by atoms with Crippen molar-refractivity contribution >= 4 is 17.7 Å². The molecule has 146 valence electrons. The maximum Gasteiger partial charge on any atom is 0.194 e. The van der Waals surface area contributed by atoms with Gasteiger partial charge in [-0.05, 0) is 36.9 Å². The molecule has 2 heterocycles. The minimum absolute atomic E-state index is 0.0350. The molecule has 3 rings (SSSR count). The summed E-state index contributed by atoms with van der Waals surface area (Å²) in [6.07, 6.45) is 5.78. The van der Waals surface area contributed by atoms with Gasteiger partial charge in [0.15, 0.2) is 5.96 Å². The Morgan fingerprint density at radius 1 is 1.48 bits per heavy atom. The minimum Gasteiger partial charge on any atom is -0.370 e. The topological polar surface area (TPSA) is 54.7 Å². The number of hydrogen-bond acceptors (Lipinski definition) is 4. The zero-order chi connectivity index (χ0) is 19.2. The highest BCUT2D eigenvalue weighted by atomic mass is 32.2. The third-order valence-corrected chi connectivity index (χ3v) is 5.28. The van der Waals surface area contributed by atoms with Crippen molar-refractivity contribution in [2.24, 2.45) is 12.0 Å². The first-order chi connectivity index (χ1) is 13.1. The van der Waals surface area contributed by atoms with Crippen LogP contribution in [-0.4, -0.2) is 53.1 Å². The average Bonchev–Trinajstić information content (AvgIpc) is 3.12. The molecule has 1 saturated heterocycles. The molecular formula is C19H26FN5OS. The molecule has 1 aromatic carbocycles. The lowest BCUT2D eigenvalue weighted by Gasteiger charge is -2.34. The lowest BCUT2D eigenvalue weighted by Crippen LogP contribution is -2.48. The molecule has 1 N–H and O–H groups in total. The standard InChI is InChI=1S/C19H26FN5OS/c1-4-21-19(22-10-14-9-16(20)5-6-18(14)27-3)25-7-8-26-17(13-25)15-11-23-24(2)12-15/h5-6,9,11-12,17H,4,7-8,10,13H2,1-3H3,(H,21,22). The number of hydrogen-bond donors (Lipinski definition) is 1. The maximum atomic E-state index is 13.6. The molecule has 0 radical (unpaired) electrons. The summed E-state index contributed by atoms with van der Waals surface area (Å²) in [5, 5.41) is 7.59. The third-order valence-electron chi connectivity index (χ3n) is 4.44. The number of morpholine rings is 1. The number of aliphatic imine (C=N–C) groups is 1. The average molecular weight is 392 g/mol. The molecule has 2 aromatic rings. The van der Waals surface area contributed by atoms with E-state index in [9.17, 15) is 4.39 Å². The number of benzene rings is 1. The predicted octanol–water partition coefficient (Wildman–Crippen LogP) is 2.82. The molecule has 0 saturated carbocycles. The van der Waals surface area contributed by atoms with Crippen molar-refractivity contribution in [3.05, 3.63) is 47.5 Å². The number of rotatable bonds is 5. The molecule has 1 aliphatic rings. The highest BCUT2D eigenvalue weighted by molar-refractivity contribution is 7.98. The Balaban J connectivity index is 1.76. The smallest absolute Gasteiger partial charge is 0.194 e. The minimum atomic E-state index is -0.231. The van der Waals surface area contributed by atoms with Crippen molar-refractivity contribution in [1.82, 2.24) is 20.0 Å². The van der Waals surface area contributed by atoms with Gasteiger partial charge < -0.3 is 15.0 Å². The van der Waals surface area contributed by atoms with Gasteiger partial charge in [0.05, 0.1) is 25.9 Å². The molecule has 27 heavy (non-hydrogen) atoms. The molecule has 8 heteroatoms. The van der Waals surface area contributed by atoms with E-state index in [1.165, 1.54) is 6.07 Å². The lowest BCUT2D eigenvalue weighted by molar-refractivity contribution is -0.00805. The largest absolute Gasteiger partial charge is 0.370 e. The Hall–Kier alpha value is -2.06.